The van der Waals surface area contributed by atoms with Crippen molar-refractivity contribution in [2.45, 2.75) is 50.0 Å². The highest BCUT2D eigenvalue weighted by molar-refractivity contribution is 7.99. The minimum absolute atomic E-state index is 0.201. The number of sulfonamides is 1. The molecule has 0 saturated carbocycles. The first kappa shape index (κ1) is 26.5. The van der Waals surface area contributed by atoms with E-state index >= 15 is 0 Å². The van der Waals surface area contributed by atoms with Crippen LogP contribution in [0.25, 0.3) is 0 Å². The number of hydrogen-bond acceptors (Lipinski definition) is 7. The molecule has 1 saturated heterocycles. The Bertz CT molecular complexity index is 1100. The fraction of sp³-hybridized carbons (Fsp3) is 0.478. The van der Waals surface area contributed by atoms with Gasteiger partial charge in [0.05, 0.1) is 5.69 Å². The molecule has 0 radical (unpaired) electrons. The molecule has 2 heterocycles. The number of carbonyl (C=O) groups excluding carboxylic acids is 2. The maximum absolute atomic E-state index is 13.2. The van der Waals surface area contributed by atoms with Crippen molar-refractivity contribution in [3.63, 3.8) is 0 Å². The van der Waals surface area contributed by atoms with E-state index in [1.807, 2.05) is 30.3 Å². The predicted octanol–water partition coefficient (Wildman–Crippen LogP) is 3.87. The van der Waals surface area contributed by atoms with E-state index in [1.165, 1.54) is 10.4 Å². The van der Waals surface area contributed by atoms with E-state index in [4.69, 9.17) is 4.74 Å². The van der Waals surface area contributed by atoms with Crippen molar-refractivity contribution in [2.24, 2.45) is 0 Å². The molecule has 1 aromatic carbocycles. The van der Waals surface area contributed by atoms with Gasteiger partial charge in [-0.25, -0.2) is 13.2 Å². The SMILES string of the molecule is Cc1sc(S(=O)(=O)N2CCSCC2)cc1NC(=O)[C@@H](Cc1ccccc1)NC(=O)OC(C)(C)C. The molecule has 34 heavy (non-hydrogen) atoms. The molecule has 1 fully saturated rings. The summed E-state index contributed by atoms with van der Waals surface area (Å²) < 4.78 is 33.1. The molecule has 2 amide bonds. The number of benzene rings is 1. The van der Waals surface area contributed by atoms with Crippen LogP contribution < -0.4 is 10.6 Å². The molecule has 2 N–H and O–H groups in total. The maximum Gasteiger partial charge on any atom is 0.408 e. The molecule has 2 aromatic rings. The van der Waals surface area contributed by atoms with Crippen LogP contribution in [0.1, 0.15) is 31.2 Å². The van der Waals surface area contributed by atoms with E-state index < -0.39 is 33.7 Å². The minimum atomic E-state index is -3.61. The minimum Gasteiger partial charge on any atom is -0.444 e. The number of thiophene rings is 1. The fourth-order valence-corrected chi connectivity index (χ4v) is 7.48. The van der Waals surface area contributed by atoms with Gasteiger partial charge in [-0.1, -0.05) is 30.3 Å². The summed E-state index contributed by atoms with van der Waals surface area (Å²) in [6, 6.07) is 9.92. The number of nitrogens with one attached hydrogen (secondary N) is 2. The number of carbonyl (C=O) groups is 2. The molecule has 1 aliphatic rings. The van der Waals surface area contributed by atoms with Crippen LogP contribution in [-0.4, -0.2) is 61.0 Å². The molecule has 0 unspecified atom stereocenters. The molecule has 0 bridgehead atoms. The molecule has 11 heteroatoms. The van der Waals surface area contributed by atoms with Crippen LogP contribution >= 0.6 is 23.1 Å². The smallest absolute Gasteiger partial charge is 0.408 e. The monoisotopic (exact) mass is 525 g/mol. The number of nitrogens with zero attached hydrogens (tertiary/aromatic N) is 1. The van der Waals surface area contributed by atoms with E-state index in [-0.39, 0.29) is 10.6 Å². The first-order valence-corrected chi connectivity index (χ1v) is 14.4. The zero-order valence-electron chi connectivity index (χ0n) is 19.8. The summed E-state index contributed by atoms with van der Waals surface area (Å²) in [7, 11) is -3.61. The van der Waals surface area contributed by atoms with Crippen molar-refractivity contribution in [3.05, 3.63) is 46.8 Å². The third-order valence-corrected chi connectivity index (χ3v) is 9.35. The van der Waals surface area contributed by atoms with E-state index in [2.05, 4.69) is 10.6 Å². The Morgan fingerprint density at radius 3 is 2.41 bits per heavy atom. The average molecular weight is 526 g/mol. The molecular weight excluding hydrogens is 494 g/mol. The normalized spacial score (nSPS) is 16.0. The summed E-state index contributed by atoms with van der Waals surface area (Å²) in [5, 5.41) is 5.46. The van der Waals surface area contributed by atoms with Gasteiger partial charge in [0, 0.05) is 35.9 Å². The van der Waals surface area contributed by atoms with Crippen LogP contribution in [0.2, 0.25) is 0 Å². The van der Waals surface area contributed by atoms with Crippen LogP contribution in [0.4, 0.5) is 10.5 Å². The largest absolute Gasteiger partial charge is 0.444 e. The van der Waals surface area contributed by atoms with Gasteiger partial charge in [0.2, 0.25) is 5.91 Å². The van der Waals surface area contributed by atoms with Gasteiger partial charge in [-0.05, 0) is 39.3 Å². The van der Waals surface area contributed by atoms with Gasteiger partial charge >= 0.3 is 6.09 Å². The number of rotatable bonds is 7. The van der Waals surface area contributed by atoms with Crippen molar-refractivity contribution in [3.8, 4) is 0 Å². The van der Waals surface area contributed by atoms with Crippen LogP contribution in [0.15, 0.2) is 40.6 Å². The number of anilines is 1. The molecule has 186 valence electrons. The summed E-state index contributed by atoms with van der Waals surface area (Å²) in [5.74, 6) is 1.09. The lowest BCUT2D eigenvalue weighted by Crippen LogP contribution is -2.47. The second-order valence-electron chi connectivity index (χ2n) is 8.93. The molecule has 0 aliphatic carbocycles. The van der Waals surface area contributed by atoms with Crippen molar-refractivity contribution in [1.29, 1.82) is 0 Å². The fourth-order valence-electron chi connectivity index (χ4n) is 3.35. The molecule has 8 nitrogen and oxygen atoms in total. The van der Waals surface area contributed by atoms with Gasteiger partial charge in [-0.15, -0.1) is 11.3 Å². The van der Waals surface area contributed by atoms with Gasteiger partial charge < -0.3 is 15.4 Å². The number of hydrogen-bond donors (Lipinski definition) is 2. The van der Waals surface area contributed by atoms with Crippen molar-refractivity contribution >= 4 is 50.8 Å². The zero-order valence-corrected chi connectivity index (χ0v) is 22.2. The predicted molar refractivity (Wildman–Crippen MR) is 137 cm³/mol. The van der Waals surface area contributed by atoms with Gasteiger partial charge in [-0.2, -0.15) is 16.1 Å². The third-order valence-electron chi connectivity index (χ3n) is 5.01. The van der Waals surface area contributed by atoms with E-state index in [0.29, 0.717) is 23.7 Å². The Morgan fingerprint density at radius 1 is 1.15 bits per heavy atom. The Labute approximate surface area is 209 Å². The van der Waals surface area contributed by atoms with E-state index in [9.17, 15) is 18.0 Å². The molecule has 1 aromatic heterocycles. The van der Waals surface area contributed by atoms with Crippen LogP contribution in [-0.2, 0) is 26.0 Å². The maximum atomic E-state index is 13.2. The molecule has 1 atom stereocenters. The summed E-state index contributed by atoms with van der Waals surface area (Å²) in [6.45, 7) is 7.96. The lowest BCUT2D eigenvalue weighted by atomic mass is 10.1. The van der Waals surface area contributed by atoms with E-state index in [0.717, 1.165) is 28.4 Å². The number of aryl methyl sites for hydroxylation is 1. The number of ether oxygens (including phenoxy) is 1. The average Bonchev–Trinajstić information content (AvgIpc) is 3.14. The van der Waals surface area contributed by atoms with Crippen LogP contribution in [0.3, 0.4) is 0 Å². The first-order valence-electron chi connectivity index (χ1n) is 11.0. The molecule has 1 aliphatic heterocycles. The van der Waals surface area contributed by atoms with Gasteiger partial charge in [0.15, 0.2) is 0 Å². The third kappa shape index (κ3) is 7.21. The Kier molecular flexibility index (Phi) is 8.66. The molecule has 0 spiro atoms. The lowest BCUT2D eigenvalue weighted by molar-refractivity contribution is -0.118. The standard InChI is InChI=1S/C23H31N3O5S3/c1-16-18(15-20(33-16)34(29,30)26-10-12-32-13-11-26)24-21(27)19(14-17-8-6-5-7-9-17)25-22(28)31-23(2,3)4/h5-9,15,19H,10-14H2,1-4H3,(H,24,27)(H,25,28)/t19-/m1/s1. The van der Waals surface area contributed by atoms with Crippen molar-refractivity contribution < 1.29 is 22.7 Å². The molecule has 3 rings (SSSR count). The zero-order chi connectivity index (χ0) is 24.9. The second kappa shape index (κ2) is 11.1. The van der Waals surface area contributed by atoms with Crippen LogP contribution in [0.5, 0.6) is 0 Å². The second-order valence-corrected chi connectivity index (χ2v) is 13.6. The number of thioether (sulfide) groups is 1. The van der Waals surface area contributed by atoms with E-state index in [1.54, 1.807) is 39.5 Å². The lowest BCUT2D eigenvalue weighted by Gasteiger charge is -2.24. The summed E-state index contributed by atoms with van der Waals surface area (Å²) in [4.78, 5) is 26.3. The Morgan fingerprint density at radius 2 is 1.79 bits per heavy atom. The molecular formula is C23H31N3O5S3. The highest BCUT2D eigenvalue weighted by atomic mass is 32.2. The topological polar surface area (TPSA) is 105 Å². The van der Waals surface area contributed by atoms with Gasteiger partial charge in [-0.3, -0.25) is 4.79 Å². The summed E-state index contributed by atoms with van der Waals surface area (Å²) >= 11 is 2.87. The number of alkyl carbamates (subject to hydrolysis) is 1. The summed E-state index contributed by atoms with van der Waals surface area (Å²) in [6.07, 6.45) is -0.442. The highest BCUT2D eigenvalue weighted by Crippen LogP contribution is 2.32. The van der Waals surface area contributed by atoms with Crippen molar-refractivity contribution in [1.82, 2.24) is 9.62 Å². The quantitative estimate of drug-likeness (QED) is 0.569. The Hall–Kier alpha value is -2.08. The van der Waals surface area contributed by atoms with Gasteiger partial charge in [0.1, 0.15) is 15.9 Å². The van der Waals surface area contributed by atoms with Crippen LogP contribution in [0, 0.1) is 6.92 Å². The first-order chi connectivity index (χ1) is 16.0. The van der Waals surface area contributed by atoms with Crippen molar-refractivity contribution in [2.75, 3.05) is 29.9 Å². The Balaban J connectivity index is 1.78. The highest BCUT2D eigenvalue weighted by Gasteiger charge is 2.30. The summed E-state index contributed by atoms with van der Waals surface area (Å²) in [5.41, 5.74) is 0.578. The van der Waals surface area contributed by atoms with Gasteiger partial charge in [0.25, 0.3) is 10.0 Å². The number of amides is 2.